The first-order valence-electron chi connectivity index (χ1n) is 3.88. The maximum absolute atomic E-state index is 11.0. The zero-order chi connectivity index (χ0) is 10.1. The van der Waals surface area contributed by atoms with Crippen molar-refractivity contribution in [3.8, 4) is 16.6 Å². The highest BCUT2D eigenvalue weighted by atomic mass is 32.1. The van der Waals surface area contributed by atoms with Crippen molar-refractivity contribution < 1.29 is 5.11 Å². The molecule has 2 heterocycles. The molecule has 0 aromatic carbocycles. The molecule has 0 atom stereocenters. The summed E-state index contributed by atoms with van der Waals surface area (Å²) in [4.78, 5) is 22.1. The van der Waals surface area contributed by atoms with Gasteiger partial charge in [0.25, 0.3) is 5.56 Å². The van der Waals surface area contributed by atoms with Crippen LogP contribution in [0.25, 0.3) is 10.7 Å². The Hall–Kier alpha value is -1.69. The Morgan fingerprint density at radius 1 is 1.57 bits per heavy atom. The van der Waals surface area contributed by atoms with E-state index in [2.05, 4.69) is 15.0 Å². The smallest absolute Gasteiger partial charge is 0.254 e. The van der Waals surface area contributed by atoms with E-state index in [1.165, 1.54) is 11.3 Å². The molecule has 0 radical (unpaired) electrons. The van der Waals surface area contributed by atoms with E-state index in [-0.39, 0.29) is 11.4 Å². The SMILES string of the molecule is Cc1ncc(-c2nc(O)cc(=O)[nH]2)s1. The van der Waals surface area contributed by atoms with E-state index in [9.17, 15) is 4.79 Å². The Morgan fingerprint density at radius 3 is 2.93 bits per heavy atom. The number of rotatable bonds is 1. The van der Waals surface area contributed by atoms with Crippen LogP contribution in [0, 0.1) is 6.92 Å². The third-order valence-corrected chi connectivity index (χ3v) is 2.50. The fraction of sp³-hybridized carbons (Fsp3) is 0.125. The maximum Gasteiger partial charge on any atom is 0.254 e. The van der Waals surface area contributed by atoms with Crippen LogP contribution in [0.15, 0.2) is 17.1 Å². The predicted octanol–water partition coefficient (Wildman–Crippen LogP) is 0.907. The molecule has 2 aromatic rings. The van der Waals surface area contributed by atoms with Crippen LogP contribution in [-0.4, -0.2) is 20.1 Å². The molecule has 2 rings (SSSR count). The van der Waals surface area contributed by atoms with E-state index in [1.54, 1.807) is 6.20 Å². The van der Waals surface area contributed by atoms with Crippen molar-refractivity contribution in [1.29, 1.82) is 0 Å². The highest BCUT2D eigenvalue weighted by Crippen LogP contribution is 2.22. The molecule has 0 fully saturated rings. The number of hydrogen-bond acceptors (Lipinski definition) is 5. The second-order valence-electron chi connectivity index (χ2n) is 2.70. The zero-order valence-electron chi connectivity index (χ0n) is 7.31. The van der Waals surface area contributed by atoms with E-state index >= 15 is 0 Å². The minimum atomic E-state index is -0.376. The summed E-state index contributed by atoms with van der Waals surface area (Å²) in [7, 11) is 0. The number of nitrogens with one attached hydrogen (secondary N) is 1. The number of thiazole rings is 1. The summed E-state index contributed by atoms with van der Waals surface area (Å²) < 4.78 is 0. The van der Waals surface area contributed by atoms with Crippen molar-refractivity contribution in [2.75, 3.05) is 0 Å². The molecule has 0 amide bonds. The van der Waals surface area contributed by atoms with Gasteiger partial charge in [-0.3, -0.25) is 4.79 Å². The fourth-order valence-corrected chi connectivity index (χ4v) is 1.75. The Kier molecular flexibility index (Phi) is 2.05. The molecular weight excluding hydrogens is 202 g/mol. The molecule has 0 spiro atoms. The van der Waals surface area contributed by atoms with Crippen molar-refractivity contribution in [3.05, 3.63) is 27.6 Å². The first-order chi connectivity index (χ1) is 6.65. The molecule has 2 aromatic heterocycles. The summed E-state index contributed by atoms with van der Waals surface area (Å²) in [5.41, 5.74) is -0.376. The van der Waals surface area contributed by atoms with E-state index in [1.807, 2.05) is 6.92 Å². The van der Waals surface area contributed by atoms with E-state index in [0.29, 0.717) is 5.82 Å². The average Bonchev–Trinajstić information content (AvgIpc) is 2.50. The fourth-order valence-electron chi connectivity index (χ4n) is 1.03. The first-order valence-corrected chi connectivity index (χ1v) is 4.70. The van der Waals surface area contributed by atoms with E-state index in [0.717, 1.165) is 16.0 Å². The minimum absolute atomic E-state index is 0.283. The van der Waals surface area contributed by atoms with Crippen LogP contribution in [0.5, 0.6) is 5.88 Å². The van der Waals surface area contributed by atoms with Crippen molar-refractivity contribution >= 4 is 11.3 Å². The van der Waals surface area contributed by atoms with Crippen molar-refractivity contribution in [1.82, 2.24) is 15.0 Å². The second kappa shape index (κ2) is 3.22. The number of nitrogens with zero attached hydrogens (tertiary/aromatic N) is 2. The van der Waals surface area contributed by atoms with Gasteiger partial charge in [0.15, 0.2) is 5.82 Å². The quantitative estimate of drug-likeness (QED) is 0.731. The Labute approximate surface area is 83.1 Å². The van der Waals surface area contributed by atoms with Crippen LogP contribution in [0.4, 0.5) is 0 Å². The van der Waals surface area contributed by atoms with Crippen LogP contribution in [0.1, 0.15) is 5.01 Å². The van der Waals surface area contributed by atoms with Gasteiger partial charge in [-0.25, -0.2) is 4.98 Å². The van der Waals surface area contributed by atoms with Crippen LogP contribution in [0.2, 0.25) is 0 Å². The summed E-state index contributed by atoms with van der Waals surface area (Å²) in [6.07, 6.45) is 1.61. The highest BCUT2D eigenvalue weighted by Gasteiger charge is 2.05. The van der Waals surface area contributed by atoms with Crippen LogP contribution in [-0.2, 0) is 0 Å². The second-order valence-corrected chi connectivity index (χ2v) is 3.93. The molecular formula is C8H7N3O2S. The monoisotopic (exact) mass is 209 g/mol. The number of aromatic nitrogens is 3. The molecule has 0 bridgehead atoms. The van der Waals surface area contributed by atoms with Gasteiger partial charge in [0.1, 0.15) is 0 Å². The number of aryl methyl sites for hydroxylation is 1. The largest absolute Gasteiger partial charge is 0.493 e. The van der Waals surface area contributed by atoms with Gasteiger partial charge in [0, 0.05) is 6.20 Å². The lowest BCUT2D eigenvalue weighted by molar-refractivity contribution is 0.452. The van der Waals surface area contributed by atoms with Gasteiger partial charge in [-0.2, -0.15) is 4.98 Å². The van der Waals surface area contributed by atoms with E-state index in [4.69, 9.17) is 5.11 Å². The third-order valence-electron chi connectivity index (χ3n) is 1.58. The molecule has 14 heavy (non-hydrogen) atoms. The van der Waals surface area contributed by atoms with E-state index < -0.39 is 0 Å². The lowest BCUT2D eigenvalue weighted by Gasteiger charge is -1.95. The Morgan fingerprint density at radius 2 is 2.36 bits per heavy atom. The topological polar surface area (TPSA) is 78.9 Å². The lowest BCUT2D eigenvalue weighted by atomic mass is 10.5. The van der Waals surface area contributed by atoms with Crippen molar-refractivity contribution in [2.24, 2.45) is 0 Å². The van der Waals surface area contributed by atoms with Crippen LogP contribution < -0.4 is 5.56 Å². The molecule has 0 saturated carbocycles. The van der Waals surface area contributed by atoms with Crippen LogP contribution >= 0.6 is 11.3 Å². The van der Waals surface area contributed by atoms with Crippen LogP contribution in [0.3, 0.4) is 0 Å². The van der Waals surface area contributed by atoms with Gasteiger partial charge >= 0.3 is 0 Å². The van der Waals surface area contributed by atoms with Gasteiger partial charge < -0.3 is 10.1 Å². The normalized spacial score (nSPS) is 10.4. The number of hydrogen-bond donors (Lipinski definition) is 2. The third kappa shape index (κ3) is 1.64. The molecule has 0 saturated heterocycles. The molecule has 72 valence electrons. The zero-order valence-corrected chi connectivity index (χ0v) is 8.13. The molecule has 2 N–H and O–H groups in total. The molecule has 0 aliphatic rings. The molecule has 0 unspecified atom stereocenters. The summed E-state index contributed by atoms with van der Waals surface area (Å²) in [6.45, 7) is 1.86. The minimum Gasteiger partial charge on any atom is -0.493 e. The highest BCUT2D eigenvalue weighted by molar-refractivity contribution is 7.14. The molecule has 0 aliphatic carbocycles. The standard InChI is InChI=1S/C8H7N3O2S/c1-4-9-3-5(14-4)8-10-6(12)2-7(13)11-8/h2-3H,1H3,(H2,10,11,12,13). The molecule has 0 aliphatic heterocycles. The summed E-state index contributed by atoms with van der Waals surface area (Å²) in [6, 6.07) is 1.03. The average molecular weight is 209 g/mol. The predicted molar refractivity (Wildman–Crippen MR) is 52.4 cm³/mol. The lowest BCUT2D eigenvalue weighted by Crippen LogP contribution is -2.05. The molecule has 5 nitrogen and oxygen atoms in total. The van der Waals surface area contributed by atoms with Gasteiger partial charge in [-0.05, 0) is 6.92 Å². The summed E-state index contributed by atoms with van der Waals surface area (Å²) in [5, 5.41) is 10.00. The van der Waals surface area contributed by atoms with Crippen molar-refractivity contribution in [3.63, 3.8) is 0 Å². The number of aromatic hydroxyl groups is 1. The van der Waals surface area contributed by atoms with Gasteiger partial charge in [-0.15, -0.1) is 11.3 Å². The number of aromatic amines is 1. The maximum atomic E-state index is 11.0. The Balaban J connectivity index is 2.56. The molecule has 6 heteroatoms. The number of H-pyrrole nitrogens is 1. The first kappa shape index (κ1) is 8.89. The van der Waals surface area contributed by atoms with Gasteiger partial charge in [0.2, 0.25) is 5.88 Å². The Bertz CT molecular complexity index is 517. The van der Waals surface area contributed by atoms with Gasteiger partial charge in [0.05, 0.1) is 16.0 Å². The summed E-state index contributed by atoms with van der Waals surface area (Å²) in [5.74, 6) is 0.0652. The van der Waals surface area contributed by atoms with Gasteiger partial charge in [-0.1, -0.05) is 0 Å². The summed E-state index contributed by atoms with van der Waals surface area (Å²) >= 11 is 1.40. The van der Waals surface area contributed by atoms with Crippen molar-refractivity contribution in [2.45, 2.75) is 6.92 Å².